The van der Waals surface area contributed by atoms with Crippen molar-refractivity contribution in [3.63, 3.8) is 0 Å². The molecule has 0 saturated carbocycles. The molecule has 0 aliphatic heterocycles. The molecule has 2 amide bonds. The summed E-state index contributed by atoms with van der Waals surface area (Å²) in [5.41, 5.74) is 3.91. The molecule has 0 aliphatic rings. The highest BCUT2D eigenvalue weighted by Gasteiger charge is 2.19. The van der Waals surface area contributed by atoms with E-state index >= 15 is 0 Å². The maximum atomic E-state index is 13.4. The lowest BCUT2D eigenvalue weighted by atomic mass is 10.00. The number of aromatic nitrogens is 3. The summed E-state index contributed by atoms with van der Waals surface area (Å²) in [5.74, 6) is -1.27. The molecule has 3 N–H and O–H groups in total. The third kappa shape index (κ3) is 5.44. The molecule has 0 bridgehead atoms. The number of carbonyl (C=O) groups is 2. The molecule has 0 aliphatic carbocycles. The Morgan fingerprint density at radius 3 is 2.65 bits per heavy atom. The van der Waals surface area contributed by atoms with Crippen molar-refractivity contribution in [1.29, 1.82) is 0 Å². The summed E-state index contributed by atoms with van der Waals surface area (Å²) in [6, 6.07) is 17.8. The minimum atomic E-state index is -0.539. The summed E-state index contributed by atoms with van der Waals surface area (Å²) in [5, 5.41) is 22.2. The van der Waals surface area contributed by atoms with Crippen molar-refractivity contribution >= 4 is 22.6 Å². The zero-order chi connectivity index (χ0) is 24.1. The van der Waals surface area contributed by atoms with Gasteiger partial charge in [0.2, 0.25) is 5.91 Å². The maximum Gasteiger partial charge on any atom is 0.251 e. The minimum Gasteiger partial charge on any atom is -0.346 e. The number of nitrogens with one attached hydrogen (secondary N) is 2. The van der Waals surface area contributed by atoms with Gasteiger partial charge in [-0.15, -0.1) is 5.10 Å². The molecule has 8 nitrogen and oxygen atoms in total. The van der Waals surface area contributed by atoms with Gasteiger partial charge in [0.1, 0.15) is 11.5 Å². The molecule has 1 aromatic heterocycles. The van der Waals surface area contributed by atoms with Gasteiger partial charge >= 0.3 is 0 Å². The SMILES string of the molecule is Cc1cc(C(=O)NCc2cn([C@@H](CC(=O)NO)Cc3ccc4ccccc4c3)nn2)ccc1F. The molecule has 0 radical (unpaired) electrons. The predicted molar refractivity (Wildman–Crippen MR) is 124 cm³/mol. The van der Waals surface area contributed by atoms with Crippen LogP contribution < -0.4 is 10.8 Å². The lowest BCUT2D eigenvalue weighted by Crippen LogP contribution is -2.25. The van der Waals surface area contributed by atoms with E-state index in [1.165, 1.54) is 18.2 Å². The molecular formula is C25H24FN5O3. The van der Waals surface area contributed by atoms with Gasteiger partial charge in [0.05, 0.1) is 25.2 Å². The first-order chi connectivity index (χ1) is 16.4. The summed E-state index contributed by atoms with van der Waals surface area (Å²) in [7, 11) is 0. The molecule has 4 aromatic rings. The predicted octanol–water partition coefficient (Wildman–Crippen LogP) is 3.49. The topological polar surface area (TPSA) is 109 Å². The molecule has 34 heavy (non-hydrogen) atoms. The quantitative estimate of drug-likeness (QED) is 0.275. The Morgan fingerprint density at radius 2 is 1.88 bits per heavy atom. The van der Waals surface area contributed by atoms with Gasteiger partial charge in [-0.3, -0.25) is 14.8 Å². The zero-order valence-electron chi connectivity index (χ0n) is 18.5. The van der Waals surface area contributed by atoms with Crippen LogP contribution >= 0.6 is 0 Å². The van der Waals surface area contributed by atoms with Crippen molar-refractivity contribution < 1.29 is 19.2 Å². The van der Waals surface area contributed by atoms with Crippen LogP contribution in [-0.2, 0) is 17.8 Å². The van der Waals surface area contributed by atoms with Gasteiger partial charge in [0.15, 0.2) is 0 Å². The molecule has 0 saturated heterocycles. The minimum absolute atomic E-state index is 0.00660. The number of nitrogens with zero attached hydrogens (tertiary/aromatic N) is 3. The molecule has 1 atom stereocenters. The van der Waals surface area contributed by atoms with Gasteiger partial charge in [0, 0.05) is 5.56 Å². The number of hydrogen-bond acceptors (Lipinski definition) is 5. The molecule has 0 unspecified atom stereocenters. The van der Waals surface area contributed by atoms with E-state index in [0.717, 1.165) is 16.3 Å². The van der Waals surface area contributed by atoms with Crippen molar-refractivity contribution in [1.82, 2.24) is 25.8 Å². The summed E-state index contributed by atoms with van der Waals surface area (Å²) < 4.78 is 15.0. The first-order valence-corrected chi connectivity index (χ1v) is 10.8. The normalized spacial score (nSPS) is 11.9. The first kappa shape index (κ1) is 23.1. The van der Waals surface area contributed by atoms with Crippen molar-refractivity contribution in [2.45, 2.75) is 32.4 Å². The monoisotopic (exact) mass is 461 g/mol. The third-order valence-electron chi connectivity index (χ3n) is 5.61. The van der Waals surface area contributed by atoms with Crippen LogP contribution in [-0.4, -0.2) is 32.0 Å². The second kappa shape index (κ2) is 10.2. The Kier molecular flexibility index (Phi) is 6.93. The number of halogens is 1. The van der Waals surface area contributed by atoms with E-state index < -0.39 is 11.9 Å². The fourth-order valence-corrected chi connectivity index (χ4v) is 3.79. The van der Waals surface area contributed by atoms with Crippen molar-refractivity contribution in [2.24, 2.45) is 0 Å². The number of amides is 2. The van der Waals surface area contributed by atoms with Crippen LogP contribution in [0.3, 0.4) is 0 Å². The fraction of sp³-hybridized carbons (Fsp3) is 0.200. The fourth-order valence-electron chi connectivity index (χ4n) is 3.79. The van der Waals surface area contributed by atoms with E-state index in [0.29, 0.717) is 23.2 Å². The summed E-state index contributed by atoms with van der Waals surface area (Å²) in [6.07, 6.45) is 2.14. The van der Waals surface area contributed by atoms with E-state index in [4.69, 9.17) is 5.21 Å². The zero-order valence-corrected chi connectivity index (χ0v) is 18.5. The number of fused-ring (bicyclic) bond motifs is 1. The molecule has 0 spiro atoms. The van der Waals surface area contributed by atoms with Gasteiger partial charge < -0.3 is 5.32 Å². The Labute approximate surface area is 195 Å². The maximum absolute atomic E-state index is 13.4. The summed E-state index contributed by atoms with van der Waals surface area (Å²) in [6.45, 7) is 1.71. The molecule has 0 fully saturated rings. The smallest absolute Gasteiger partial charge is 0.251 e. The number of aryl methyl sites for hydroxylation is 1. The molecule has 4 rings (SSSR count). The van der Waals surface area contributed by atoms with Crippen LogP contribution in [0.5, 0.6) is 0 Å². The number of benzene rings is 3. The number of rotatable bonds is 8. The van der Waals surface area contributed by atoms with E-state index in [1.807, 2.05) is 36.4 Å². The Hall–Kier alpha value is -4.11. The van der Waals surface area contributed by atoms with Crippen LogP contribution in [0.4, 0.5) is 4.39 Å². The van der Waals surface area contributed by atoms with Crippen molar-refractivity contribution in [3.05, 3.63) is 95.1 Å². The van der Waals surface area contributed by atoms with Crippen LogP contribution in [0, 0.1) is 12.7 Å². The Morgan fingerprint density at radius 1 is 1.09 bits per heavy atom. The second-order valence-electron chi connectivity index (χ2n) is 8.12. The molecular weight excluding hydrogens is 437 g/mol. The van der Waals surface area contributed by atoms with Gasteiger partial charge in [-0.1, -0.05) is 47.7 Å². The van der Waals surface area contributed by atoms with Gasteiger partial charge in [-0.25, -0.2) is 14.6 Å². The Balaban J connectivity index is 1.47. The highest BCUT2D eigenvalue weighted by molar-refractivity contribution is 5.94. The van der Waals surface area contributed by atoms with Crippen molar-refractivity contribution in [3.8, 4) is 0 Å². The number of hydroxylamine groups is 1. The summed E-state index contributed by atoms with van der Waals surface area (Å²) in [4.78, 5) is 24.3. The average Bonchev–Trinajstić information content (AvgIpc) is 3.32. The Bertz CT molecular complexity index is 1340. The molecule has 3 aromatic carbocycles. The highest BCUT2D eigenvalue weighted by atomic mass is 19.1. The van der Waals surface area contributed by atoms with E-state index in [2.05, 4.69) is 21.7 Å². The lowest BCUT2D eigenvalue weighted by molar-refractivity contribution is -0.130. The lowest BCUT2D eigenvalue weighted by Gasteiger charge is -2.16. The van der Waals surface area contributed by atoms with E-state index in [-0.39, 0.29) is 24.7 Å². The molecule has 9 heteroatoms. The van der Waals surface area contributed by atoms with Gasteiger partial charge in [-0.2, -0.15) is 0 Å². The first-order valence-electron chi connectivity index (χ1n) is 10.8. The van der Waals surface area contributed by atoms with Crippen molar-refractivity contribution in [2.75, 3.05) is 0 Å². The molecule has 1 heterocycles. The summed E-state index contributed by atoms with van der Waals surface area (Å²) >= 11 is 0. The van der Waals surface area contributed by atoms with Crippen LogP contribution in [0.25, 0.3) is 10.8 Å². The number of hydrogen-bond donors (Lipinski definition) is 3. The van der Waals surface area contributed by atoms with Crippen LogP contribution in [0.1, 0.15) is 39.6 Å². The van der Waals surface area contributed by atoms with Gasteiger partial charge in [0.25, 0.3) is 5.91 Å². The average molecular weight is 461 g/mol. The van der Waals surface area contributed by atoms with E-state index in [1.54, 1.807) is 23.3 Å². The van der Waals surface area contributed by atoms with E-state index in [9.17, 15) is 14.0 Å². The van der Waals surface area contributed by atoms with Gasteiger partial charge in [-0.05, 0) is 53.4 Å². The largest absolute Gasteiger partial charge is 0.346 e. The highest BCUT2D eigenvalue weighted by Crippen LogP contribution is 2.22. The second-order valence-corrected chi connectivity index (χ2v) is 8.12. The molecule has 174 valence electrons. The third-order valence-corrected chi connectivity index (χ3v) is 5.61. The van der Waals surface area contributed by atoms with Crippen LogP contribution in [0.15, 0.2) is 66.9 Å². The van der Waals surface area contributed by atoms with Crippen LogP contribution in [0.2, 0.25) is 0 Å². The standard InChI is InChI=1S/C25H24FN5O3/c1-16-10-20(8-9-23(16)26)25(33)27-14-21-15-31(30-28-21)22(13-24(32)29-34)12-17-6-7-18-4-2-3-5-19(18)11-17/h2-11,15,22,34H,12-14H2,1H3,(H,27,33)(H,29,32)/t22-/m1/s1. The number of carbonyl (C=O) groups excluding carboxylic acids is 2.